The molecule has 0 radical (unpaired) electrons. The molecule has 0 saturated carbocycles. The van der Waals surface area contributed by atoms with Gasteiger partial charge in [-0.25, -0.2) is 0 Å². The largest absolute Gasteiger partial charge is 0.339 e. The van der Waals surface area contributed by atoms with E-state index in [0.29, 0.717) is 50.0 Å². The van der Waals surface area contributed by atoms with E-state index in [1.54, 1.807) is 17.0 Å². The van der Waals surface area contributed by atoms with Crippen molar-refractivity contribution in [2.75, 3.05) is 26.2 Å². The van der Waals surface area contributed by atoms with Gasteiger partial charge in [-0.05, 0) is 30.0 Å². The molecule has 1 aromatic rings. The zero-order chi connectivity index (χ0) is 17.7. The van der Waals surface area contributed by atoms with Crippen LogP contribution in [0.1, 0.15) is 25.8 Å². The number of halogens is 2. The molecule has 0 bridgehead atoms. The third-order valence-corrected chi connectivity index (χ3v) is 4.51. The summed E-state index contributed by atoms with van der Waals surface area (Å²) in [5, 5.41) is 0.663. The van der Waals surface area contributed by atoms with Crippen molar-refractivity contribution in [3.63, 3.8) is 0 Å². The van der Waals surface area contributed by atoms with Gasteiger partial charge in [0.25, 0.3) is 0 Å². The quantitative estimate of drug-likeness (QED) is 0.842. The maximum Gasteiger partial charge on any atom is 0.239 e. The van der Waals surface area contributed by atoms with Crippen LogP contribution in [0.25, 0.3) is 0 Å². The highest BCUT2D eigenvalue weighted by Gasteiger charge is 2.27. The van der Waals surface area contributed by atoms with Crippen LogP contribution < -0.4 is 5.73 Å². The summed E-state index contributed by atoms with van der Waals surface area (Å²) in [6.07, 6.45) is 1.05. The third-order valence-electron chi connectivity index (χ3n) is 4.26. The molecule has 1 aliphatic heterocycles. The Bertz CT molecular complexity index is 570. The van der Waals surface area contributed by atoms with Gasteiger partial charge in [0.15, 0.2) is 0 Å². The van der Waals surface area contributed by atoms with E-state index >= 15 is 0 Å². The van der Waals surface area contributed by atoms with E-state index < -0.39 is 6.04 Å². The van der Waals surface area contributed by atoms with Crippen LogP contribution in [-0.2, 0) is 16.0 Å². The lowest BCUT2D eigenvalue weighted by Gasteiger charge is -2.36. The van der Waals surface area contributed by atoms with Crippen LogP contribution in [0.15, 0.2) is 24.3 Å². The number of nitrogens with zero attached hydrogens (tertiary/aromatic N) is 2. The Kier molecular flexibility index (Phi) is 8.69. The lowest BCUT2D eigenvalue weighted by Crippen LogP contribution is -2.54. The molecule has 25 heavy (non-hydrogen) atoms. The molecule has 1 aromatic carbocycles. The standard InChI is InChI=1S/C18H26ClN3O2.ClH/c1-13(2)11-16(20)18(24)22-9-7-21(8-10-22)17(23)12-14-3-5-15(19)6-4-14;/h3-6,13,16H,7-12,20H2,1-2H3;1H/t16-;/m0./s1. The number of piperazine rings is 1. The molecule has 0 aromatic heterocycles. The fourth-order valence-corrected chi connectivity index (χ4v) is 3.03. The van der Waals surface area contributed by atoms with Gasteiger partial charge in [0, 0.05) is 31.2 Å². The number of amides is 2. The second kappa shape index (κ2) is 10.00. The third kappa shape index (κ3) is 6.49. The topological polar surface area (TPSA) is 66.6 Å². The fourth-order valence-electron chi connectivity index (χ4n) is 2.91. The predicted molar refractivity (Wildman–Crippen MR) is 103 cm³/mol. The lowest BCUT2D eigenvalue weighted by molar-refractivity contribution is -0.140. The molecule has 1 heterocycles. The second-order valence-electron chi connectivity index (χ2n) is 6.75. The van der Waals surface area contributed by atoms with Crippen molar-refractivity contribution in [3.8, 4) is 0 Å². The van der Waals surface area contributed by atoms with Gasteiger partial charge in [0.05, 0.1) is 12.5 Å². The molecule has 7 heteroatoms. The zero-order valence-electron chi connectivity index (χ0n) is 14.8. The SMILES string of the molecule is CC(C)C[C@H](N)C(=O)N1CCN(C(=O)Cc2ccc(Cl)cc2)CC1.Cl. The molecule has 1 fully saturated rings. The van der Waals surface area contributed by atoms with Crippen LogP contribution in [0.4, 0.5) is 0 Å². The van der Waals surface area contributed by atoms with Gasteiger partial charge in [-0.3, -0.25) is 9.59 Å². The number of carbonyl (C=O) groups excluding carboxylic acids is 2. The fraction of sp³-hybridized carbons (Fsp3) is 0.556. The molecule has 5 nitrogen and oxygen atoms in total. The van der Waals surface area contributed by atoms with Gasteiger partial charge < -0.3 is 15.5 Å². The average Bonchev–Trinajstić information content (AvgIpc) is 2.55. The van der Waals surface area contributed by atoms with Gasteiger partial charge >= 0.3 is 0 Å². The van der Waals surface area contributed by atoms with Crippen molar-refractivity contribution in [2.24, 2.45) is 11.7 Å². The zero-order valence-corrected chi connectivity index (χ0v) is 16.4. The number of nitrogens with two attached hydrogens (primary N) is 1. The van der Waals surface area contributed by atoms with E-state index in [-0.39, 0.29) is 24.2 Å². The van der Waals surface area contributed by atoms with Gasteiger partial charge in [0.2, 0.25) is 11.8 Å². The highest BCUT2D eigenvalue weighted by molar-refractivity contribution is 6.30. The minimum absolute atomic E-state index is 0. The Morgan fingerprint density at radius 1 is 1.08 bits per heavy atom. The van der Waals surface area contributed by atoms with Crippen LogP contribution in [0.5, 0.6) is 0 Å². The molecular formula is C18H27Cl2N3O2. The van der Waals surface area contributed by atoms with E-state index in [1.807, 2.05) is 17.0 Å². The van der Waals surface area contributed by atoms with Crippen molar-refractivity contribution in [3.05, 3.63) is 34.9 Å². The summed E-state index contributed by atoms with van der Waals surface area (Å²) < 4.78 is 0. The number of rotatable bonds is 5. The summed E-state index contributed by atoms with van der Waals surface area (Å²) >= 11 is 5.86. The molecule has 2 rings (SSSR count). The minimum Gasteiger partial charge on any atom is -0.339 e. The monoisotopic (exact) mass is 387 g/mol. The number of benzene rings is 1. The Hall–Kier alpha value is -1.30. The van der Waals surface area contributed by atoms with E-state index in [2.05, 4.69) is 13.8 Å². The summed E-state index contributed by atoms with van der Waals surface area (Å²) in [6, 6.07) is 6.87. The second-order valence-corrected chi connectivity index (χ2v) is 7.18. The summed E-state index contributed by atoms with van der Waals surface area (Å²) in [6.45, 7) is 6.34. The first-order valence-electron chi connectivity index (χ1n) is 8.43. The van der Waals surface area contributed by atoms with Crippen molar-refractivity contribution in [2.45, 2.75) is 32.7 Å². The number of carbonyl (C=O) groups is 2. The first-order chi connectivity index (χ1) is 11.4. The highest BCUT2D eigenvalue weighted by atomic mass is 35.5. The number of hydrogen-bond donors (Lipinski definition) is 1. The highest BCUT2D eigenvalue weighted by Crippen LogP contribution is 2.13. The van der Waals surface area contributed by atoms with Crippen LogP contribution in [0.3, 0.4) is 0 Å². The van der Waals surface area contributed by atoms with Crippen LogP contribution in [0, 0.1) is 5.92 Å². The first-order valence-corrected chi connectivity index (χ1v) is 8.81. The summed E-state index contributed by atoms with van der Waals surface area (Å²) in [5.41, 5.74) is 6.92. The molecule has 1 saturated heterocycles. The van der Waals surface area contributed by atoms with Crippen molar-refractivity contribution in [1.82, 2.24) is 9.80 Å². The molecule has 0 unspecified atom stereocenters. The summed E-state index contributed by atoms with van der Waals surface area (Å²) in [5.74, 6) is 0.468. The molecule has 0 spiro atoms. The number of hydrogen-bond acceptors (Lipinski definition) is 3. The van der Waals surface area contributed by atoms with Crippen LogP contribution >= 0.6 is 24.0 Å². The Morgan fingerprint density at radius 3 is 2.12 bits per heavy atom. The maximum atomic E-state index is 12.4. The minimum atomic E-state index is -0.443. The van der Waals surface area contributed by atoms with E-state index in [1.165, 1.54) is 0 Å². The van der Waals surface area contributed by atoms with E-state index in [4.69, 9.17) is 17.3 Å². The predicted octanol–water partition coefficient (Wildman–Crippen LogP) is 2.35. The Morgan fingerprint density at radius 2 is 1.60 bits per heavy atom. The molecule has 1 aliphatic rings. The average molecular weight is 388 g/mol. The lowest BCUT2D eigenvalue weighted by atomic mass is 10.0. The van der Waals surface area contributed by atoms with Crippen molar-refractivity contribution < 1.29 is 9.59 Å². The maximum absolute atomic E-state index is 12.4. The van der Waals surface area contributed by atoms with Crippen molar-refractivity contribution >= 4 is 35.8 Å². The molecule has 140 valence electrons. The normalized spacial score (nSPS) is 15.7. The Balaban J connectivity index is 0.00000312. The van der Waals surface area contributed by atoms with Gasteiger partial charge in [0.1, 0.15) is 0 Å². The Labute approximate surface area is 160 Å². The summed E-state index contributed by atoms with van der Waals surface area (Å²) in [4.78, 5) is 28.3. The van der Waals surface area contributed by atoms with Gasteiger partial charge in [-0.2, -0.15) is 0 Å². The molecule has 2 N–H and O–H groups in total. The van der Waals surface area contributed by atoms with Crippen molar-refractivity contribution in [1.29, 1.82) is 0 Å². The molecular weight excluding hydrogens is 361 g/mol. The van der Waals surface area contributed by atoms with Crippen LogP contribution in [-0.4, -0.2) is 53.8 Å². The smallest absolute Gasteiger partial charge is 0.239 e. The van der Waals surface area contributed by atoms with Gasteiger partial charge in [-0.1, -0.05) is 37.6 Å². The first kappa shape index (κ1) is 21.7. The van der Waals surface area contributed by atoms with Crippen LogP contribution in [0.2, 0.25) is 5.02 Å². The molecule has 0 aliphatic carbocycles. The molecule has 2 amide bonds. The molecule has 1 atom stereocenters. The summed E-state index contributed by atoms with van der Waals surface area (Å²) in [7, 11) is 0. The van der Waals surface area contributed by atoms with E-state index in [9.17, 15) is 9.59 Å². The van der Waals surface area contributed by atoms with E-state index in [0.717, 1.165) is 5.56 Å². The van der Waals surface area contributed by atoms with Gasteiger partial charge in [-0.15, -0.1) is 12.4 Å².